The number of rotatable bonds is 2. The lowest BCUT2D eigenvalue weighted by Gasteiger charge is -2.19. The van der Waals surface area contributed by atoms with Gasteiger partial charge in [0.05, 0.1) is 4.92 Å². The highest BCUT2D eigenvalue weighted by Crippen LogP contribution is 2.27. The molecule has 0 atom stereocenters. The molecule has 80 valence electrons. The van der Waals surface area contributed by atoms with Crippen LogP contribution in [0.4, 0.5) is 5.69 Å². The molecule has 0 fully saturated rings. The van der Waals surface area contributed by atoms with Crippen LogP contribution in [0.3, 0.4) is 0 Å². The first-order valence-electron chi connectivity index (χ1n) is 4.77. The highest BCUT2D eigenvalue weighted by Gasteiger charge is 2.18. The molecule has 0 aromatic heterocycles. The summed E-state index contributed by atoms with van der Waals surface area (Å²) in [5.74, 6) is 0. The van der Waals surface area contributed by atoms with Crippen molar-refractivity contribution in [2.45, 2.75) is 26.2 Å². The Morgan fingerprint density at radius 1 is 1.33 bits per heavy atom. The van der Waals surface area contributed by atoms with Crippen LogP contribution in [0.5, 0.6) is 0 Å². The second kappa shape index (κ2) is 3.85. The van der Waals surface area contributed by atoms with Crippen LogP contribution in [0.15, 0.2) is 24.8 Å². The molecule has 0 radical (unpaired) electrons. The summed E-state index contributed by atoms with van der Waals surface area (Å²) in [6, 6.07) is 5.08. The van der Waals surface area contributed by atoms with E-state index >= 15 is 0 Å². The smallest absolute Gasteiger partial charge is 0.258 e. The molecule has 15 heavy (non-hydrogen) atoms. The Kier molecular flexibility index (Phi) is 2.93. The lowest BCUT2D eigenvalue weighted by molar-refractivity contribution is -0.385. The molecular formula is C12H15NO2. The van der Waals surface area contributed by atoms with Crippen molar-refractivity contribution in [2.24, 2.45) is 0 Å². The van der Waals surface area contributed by atoms with Gasteiger partial charge < -0.3 is 0 Å². The number of hydrogen-bond donors (Lipinski definition) is 0. The Morgan fingerprint density at radius 2 is 1.93 bits per heavy atom. The number of nitro benzene ring substituents is 1. The van der Waals surface area contributed by atoms with Gasteiger partial charge in [0.1, 0.15) is 0 Å². The van der Waals surface area contributed by atoms with E-state index in [0.29, 0.717) is 0 Å². The Morgan fingerprint density at radius 3 is 2.33 bits per heavy atom. The van der Waals surface area contributed by atoms with Gasteiger partial charge in [0.15, 0.2) is 0 Å². The Bertz CT molecular complexity index is 403. The third kappa shape index (κ3) is 2.65. The van der Waals surface area contributed by atoms with E-state index < -0.39 is 0 Å². The van der Waals surface area contributed by atoms with Crippen LogP contribution in [-0.2, 0) is 5.41 Å². The molecule has 0 saturated heterocycles. The zero-order valence-electron chi connectivity index (χ0n) is 9.28. The van der Waals surface area contributed by atoms with E-state index in [9.17, 15) is 10.1 Å². The minimum absolute atomic E-state index is 0.0935. The number of nitrogens with zero attached hydrogens (tertiary/aromatic N) is 1. The fourth-order valence-corrected chi connectivity index (χ4v) is 1.29. The molecule has 1 aromatic rings. The highest BCUT2D eigenvalue weighted by molar-refractivity contribution is 5.54. The van der Waals surface area contributed by atoms with Gasteiger partial charge in [0, 0.05) is 12.1 Å². The molecule has 0 unspecified atom stereocenters. The molecule has 0 N–H and O–H groups in total. The molecule has 3 nitrogen and oxygen atoms in total. The number of benzene rings is 1. The van der Waals surface area contributed by atoms with Gasteiger partial charge in [-0.15, -0.1) is 0 Å². The quantitative estimate of drug-likeness (QED) is 0.547. The lowest BCUT2D eigenvalue weighted by Crippen LogP contribution is -2.11. The Hall–Kier alpha value is -1.64. The second-order valence-corrected chi connectivity index (χ2v) is 4.52. The first-order chi connectivity index (χ1) is 6.84. The van der Waals surface area contributed by atoms with Gasteiger partial charge in [-0.3, -0.25) is 10.1 Å². The zero-order chi connectivity index (χ0) is 11.6. The Balaban J connectivity index is 3.36. The van der Waals surface area contributed by atoms with E-state index in [4.69, 9.17) is 0 Å². The third-order valence-electron chi connectivity index (χ3n) is 2.25. The maximum atomic E-state index is 10.7. The summed E-state index contributed by atoms with van der Waals surface area (Å²) in [4.78, 5) is 10.3. The van der Waals surface area contributed by atoms with Gasteiger partial charge in [-0.05, 0) is 16.5 Å². The maximum Gasteiger partial charge on any atom is 0.270 e. The molecule has 0 amide bonds. The van der Waals surface area contributed by atoms with Crippen molar-refractivity contribution in [1.29, 1.82) is 0 Å². The monoisotopic (exact) mass is 205 g/mol. The predicted molar refractivity (Wildman–Crippen MR) is 61.9 cm³/mol. The summed E-state index contributed by atoms with van der Waals surface area (Å²) >= 11 is 0. The maximum absolute atomic E-state index is 10.7. The van der Waals surface area contributed by atoms with Crippen molar-refractivity contribution < 1.29 is 4.92 Å². The van der Waals surface area contributed by atoms with Gasteiger partial charge >= 0.3 is 0 Å². The van der Waals surface area contributed by atoms with Crippen LogP contribution in [0.1, 0.15) is 31.9 Å². The fourth-order valence-electron chi connectivity index (χ4n) is 1.29. The van der Waals surface area contributed by atoms with E-state index in [0.717, 1.165) is 11.1 Å². The molecule has 1 rings (SSSR count). The summed E-state index contributed by atoms with van der Waals surface area (Å²) < 4.78 is 0. The standard InChI is InChI=1S/C12H15NO2/c1-5-9-6-10(12(2,3)4)8-11(7-9)13(14)15/h5-8H,1H2,2-4H3. The minimum atomic E-state index is -0.373. The summed E-state index contributed by atoms with van der Waals surface area (Å²) in [7, 11) is 0. The average molecular weight is 205 g/mol. The molecule has 0 saturated carbocycles. The summed E-state index contributed by atoms with van der Waals surface area (Å²) in [5.41, 5.74) is 1.77. The van der Waals surface area contributed by atoms with Crippen LogP contribution >= 0.6 is 0 Å². The molecule has 0 aliphatic rings. The predicted octanol–water partition coefficient (Wildman–Crippen LogP) is 3.54. The van der Waals surface area contributed by atoms with Crippen LogP contribution in [-0.4, -0.2) is 4.92 Å². The first kappa shape index (κ1) is 11.4. The van der Waals surface area contributed by atoms with Crippen LogP contribution in [0.2, 0.25) is 0 Å². The summed E-state index contributed by atoms with van der Waals surface area (Å²) in [6.45, 7) is 9.71. The Labute approximate surface area is 89.6 Å². The topological polar surface area (TPSA) is 43.1 Å². The van der Waals surface area contributed by atoms with Gasteiger partial charge in [0.25, 0.3) is 5.69 Å². The molecule has 0 heterocycles. The van der Waals surface area contributed by atoms with Gasteiger partial charge in [-0.25, -0.2) is 0 Å². The van der Waals surface area contributed by atoms with Crippen LogP contribution in [0, 0.1) is 10.1 Å². The zero-order valence-corrected chi connectivity index (χ0v) is 9.28. The normalized spacial score (nSPS) is 11.1. The van der Waals surface area contributed by atoms with Crippen LogP contribution in [0.25, 0.3) is 6.08 Å². The van der Waals surface area contributed by atoms with Crippen LogP contribution < -0.4 is 0 Å². The number of non-ortho nitro benzene ring substituents is 1. The largest absolute Gasteiger partial charge is 0.270 e. The average Bonchev–Trinajstić information content (AvgIpc) is 2.15. The molecule has 0 bridgehead atoms. The number of nitro groups is 1. The molecule has 1 aromatic carbocycles. The molecule has 0 spiro atoms. The fraction of sp³-hybridized carbons (Fsp3) is 0.333. The molecular weight excluding hydrogens is 190 g/mol. The van der Waals surface area contributed by atoms with Gasteiger partial charge in [0.2, 0.25) is 0 Å². The van der Waals surface area contributed by atoms with Crippen molar-refractivity contribution in [1.82, 2.24) is 0 Å². The van der Waals surface area contributed by atoms with E-state index in [1.165, 1.54) is 6.07 Å². The highest BCUT2D eigenvalue weighted by atomic mass is 16.6. The first-order valence-corrected chi connectivity index (χ1v) is 4.77. The SMILES string of the molecule is C=Cc1cc([N+](=O)[O-])cc(C(C)(C)C)c1. The van der Waals surface area contributed by atoms with Crippen molar-refractivity contribution in [2.75, 3.05) is 0 Å². The van der Waals surface area contributed by atoms with Crippen molar-refractivity contribution >= 4 is 11.8 Å². The van der Waals surface area contributed by atoms with Gasteiger partial charge in [-0.2, -0.15) is 0 Å². The van der Waals surface area contributed by atoms with E-state index in [1.807, 2.05) is 26.8 Å². The minimum Gasteiger partial charge on any atom is -0.258 e. The van der Waals surface area contributed by atoms with Crippen molar-refractivity contribution in [3.63, 3.8) is 0 Å². The second-order valence-electron chi connectivity index (χ2n) is 4.52. The lowest BCUT2D eigenvalue weighted by atomic mass is 9.86. The van der Waals surface area contributed by atoms with Gasteiger partial charge in [-0.1, -0.05) is 39.5 Å². The summed E-state index contributed by atoms with van der Waals surface area (Å²) in [5, 5.41) is 10.7. The third-order valence-corrected chi connectivity index (χ3v) is 2.25. The molecule has 3 heteroatoms. The van der Waals surface area contributed by atoms with E-state index in [-0.39, 0.29) is 16.0 Å². The van der Waals surface area contributed by atoms with Crippen molar-refractivity contribution in [3.05, 3.63) is 46.0 Å². The molecule has 0 aliphatic heterocycles. The molecule has 0 aliphatic carbocycles. The van der Waals surface area contributed by atoms with E-state index in [1.54, 1.807) is 12.1 Å². The van der Waals surface area contributed by atoms with Crippen molar-refractivity contribution in [3.8, 4) is 0 Å². The summed E-state index contributed by atoms with van der Waals surface area (Å²) in [6.07, 6.45) is 1.63. The van der Waals surface area contributed by atoms with E-state index in [2.05, 4.69) is 6.58 Å². The number of hydrogen-bond acceptors (Lipinski definition) is 2.